The van der Waals surface area contributed by atoms with Gasteiger partial charge in [0.05, 0.1) is 12.6 Å². The Morgan fingerprint density at radius 2 is 1.65 bits per heavy atom. The lowest BCUT2D eigenvalue weighted by molar-refractivity contribution is -0.118. The Labute approximate surface area is 137 Å². The number of hydrogen-bond donors (Lipinski definition) is 2. The summed E-state index contributed by atoms with van der Waals surface area (Å²) in [6.45, 7) is 1.96. The zero-order valence-corrected chi connectivity index (χ0v) is 13.6. The number of rotatable bonds is 7. The van der Waals surface area contributed by atoms with E-state index in [1.807, 2.05) is 67.6 Å². The molecule has 2 aromatic rings. The van der Waals surface area contributed by atoms with Crippen LogP contribution in [0.4, 0.5) is 5.69 Å². The number of aliphatic hydroxyl groups is 1. The molecule has 4 nitrogen and oxygen atoms in total. The van der Waals surface area contributed by atoms with Gasteiger partial charge in [-0.1, -0.05) is 48.5 Å². The maximum atomic E-state index is 12.4. The Balaban J connectivity index is 1.93. The average Bonchev–Trinajstić information content (AvgIpc) is 2.60. The van der Waals surface area contributed by atoms with E-state index in [1.54, 1.807) is 11.9 Å². The lowest BCUT2D eigenvalue weighted by Crippen LogP contribution is -2.37. The van der Waals surface area contributed by atoms with Crippen molar-refractivity contribution in [2.75, 3.05) is 18.6 Å². The SMILES string of the molecule is CC(CC(=O)N(C)c1ccccc1)NC(CO)c1ccccc1. The first-order valence-corrected chi connectivity index (χ1v) is 7.85. The van der Waals surface area contributed by atoms with Gasteiger partial charge in [-0.05, 0) is 24.6 Å². The number of carbonyl (C=O) groups excluding carboxylic acids is 1. The van der Waals surface area contributed by atoms with E-state index in [-0.39, 0.29) is 24.6 Å². The van der Waals surface area contributed by atoms with E-state index >= 15 is 0 Å². The summed E-state index contributed by atoms with van der Waals surface area (Å²) >= 11 is 0. The van der Waals surface area contributed by atoms with Gasteiger partial charge in [-0.25, -0.2) is 0 Å². The molecule has 0 aliphatic rings. The van der Waals surface area contributed by atoms with Gasteiger partial charge in [-0.15, -0.1) is 0 Å². The lowest BCUT2D eigenvalue weighted by atomic mass is 10.1. The molecule has 0 bridgehead atoms. The number of amides is 1. The minimum atomic E-state index is -0.166. The van der Waals surface area contributed by atoms with E-state index in [1.165, 1.54) is 0 Å². The highest BCUT2D eigenvalue weighted by Gasteiger charge is 2.18. The fourth-order valence-electron chi connectivity index (χ4n) is 2.54. The van der Waals surface area contributed by atoms with Crippen molar-refractivity contribution >= 4 is 11.6 Å². The summed E-state index contributed by atoms with van der Waals surface area (Å²) < 4.78 is 0. The van der Waals surface area contributed by atoms with Crippen LogP contribution < -0.4 is 10.2 Å². The quantitative estimate of drug-likeness (QED) is 0.826. The fourth-order valence-corrected chi connectivity index (χ4v) is 2.54. The second-order valence-electron chi connectivity index (χ2n) is 5.71. The predicted molar refractivity (Wildman–Crippen MR) is 93.3 cm³/mol. The highest BCUT2D eigenvalue weighted by molar-refractivity contribution is 5.93. The number of nitrogens with zero attached hydrogens (tertiary/aromatic N) is 1. The van der Waals surface area contributed by atoms with Gasteiger partial charge in [-0.3, -0.25) is 4.79 Å². The molecule has 0 radical (unpaired) electrons. The molecule has 0 aliphatic heterocycles. The van der Waals surface area contributed by atoms with Gasteiger partial charge in [-0.2, -0.15) is 0 Å². The summed E-state index contributed by atoms with van der Waals surface area (Å²) in [7, 11) is 1.78. The van der Waals surface area contributed by atoms with E-state index in [0.717, 1.165) is 11.3 Å². The second kappa shape index (κ2) is 8.46. The highest BCUT2D eigenvalue weighted by Crippen LogP contribution is 2.15. The van der Waals surface area contributed by atoms with Crippen LogP contribution >= 0.6 is 0 Å². The lowest BCUT2D eigenvalue weighted by Gasteiger charge is -2.24. The van der Waals surface area contributed by atoms with Gasteiger partial charge in [0.15, 0.2) is 0 Å². The van der Waals surface area contributed by atoms with Crippen molar-refractivity contribution in [1.82, 2.24) is 5.32 Å². The zero-order chi connectivity index (χ0) is 16.7. The number of benzene rings is 2. The van der Waals surface area contributed by atoms with Crippen LogP contribution in [0.1, 0.15) is 24.9 Å². The van der Waals surface area contributed by atoms with Crippen molar-refractivity contribution in [2.24, 2.45) is 0 Å². The molecule has 2 aromatic carbocycles. The van der Waals surface area contributed by atoms with E-state index in [4.69, 9.17) is 0 Å². The molecule has 0 fully saturated rings. The molecule has 23 heavy (non-hydrogen) atoms. The van der Waals surface area contributed by atoms with Crippen LogP contribution in [0.25, 0.3) is 0 Å². The Morgan fingerprint density at radius 3 is 2.22 bits per heavy atom. The van der Waals surface area contributed by atoms with Crippen LogP contribution in [0.2, 0.25) is 0 Å². The van der Waals surface area contributed by atoms with Crippen molar-refractivity contribution in [3.63, 3.8) is 0 Å². The Kier molecular flexibility index (Phi) is 6.32. The van der Waals surface area contributed by atoms with E-state index in [0.29, 0.717) is 6.42 Å². The first-order valence-electron chi connectivity index (χ1n) is 7.85. The van der Waals surface area contributed by atoms with Crippen LogP contribution in [-0.4, -0.2) is 30.7 Å². The first kappa shape index (κ1) is 17.2. The molecule has 0 saturated heterocycles. The molecular formula is C19H24N2O2. The molecule has 2 rings (SSSR count). The maximum absolute atomic E-state index is 12.4. The molecule has 2 atom stereocenters. The maximum Gasteiger partial charge on any atom is 0.228 e. The van der Waals surface area contributed by atoms with Gasteiger partial charge >= 0.3 is 0 Å². The van der Waals surface area contributed by atoms with Gasteiger partial charge in [0.1, 0.15) is 0 Å². The second-order valence-corrected chi connectivity index (χ2v) is 5.71. The van der Waals surface area contributed by atoms with E-state index < -0.39 is 0 Å². The van der Waals surface area contributed by atoms with E-state index in [2.05, 4.69) is 5.32 Å². The third-order valence-electron chi connectivity index (χ3n) is 3.87. The van der Waals surface area contributed by atoms with E-state index in [9.17, 15) is 9.90 Å². The summed E-state index contributed by atoms with van der Waals surface area (Å²) in [5, 5.41) is 12.9. The van der Waals surface area contributed by atoms with Gasteiger partial charge < -0.3 is 15.3 Å². The number of aliphatic hydroxyl groups excluding tert-OH is 1. The number of nitrogens with one attached hydrogen (secondary N) is 1. The third kappa shape index (κ3) is 4.91. The number of anilines is 1. The monoisotopic (exact) mass is 312 g/mol. The van der Waals surface area contributed by atoms with Crippen molar-refractivity contribution in [1.29, 1.82) is 0 Å². The molecule has 2 unspecified atom stereocenters. The normalized spacial score (nSPS) is 13.3. The average molecular weight is 312 g/mol. The first-order chi connectivity index (χ1) is 11.1. The van der Waals surface area contributed by atoms with Crippen LogP contribution in [-0.2, 0) is 4.79 Å². The summed E-state index contributed by atoms with van der Waals surface area (Å²) in [6.07, 6.45) is 0.370. The Hall–Kier alpha value is -2.17. The summed E-state index contributed by atoms with van der Waals surface area (Å²) in [5.41, 5.74) is 1.90. The zero-order valence-electron chi connectivity index (χ0n) is 13.6. The summed E-state index contributed by atoms with van der Waals surface area (Å²) in [5.74, 6) is 0.0425. The molecule has 0 saturated carbocycles. The van der Waals surface area contributed by atoms with Crippen LogP contribution in [0.3, 0.4) is 0 Å². The van der Waals surface area contributed by atoms with Crippen molar-refractivity contribution in [3.8, 4) is 0 Å². The molecular weight excluding hydrogens is 288 g/mol. The standard InChI is InChI=1S/C19H24N2O2/c1-15(20-18(14-22)16-9-5-3-6-10-16)13-19(23)21(2)17-11-7-4-8-12-17/h3-12,15,18,20,22H,13-14H2,1-2H3. The molecule has 2 N–H and O–H groups in total. The highest BCUT2D eigenvalue weighted by atomic mass is 16.3. The molecule has 0 heterocycles. The topological polar surface area (TPSA) is 52.6 Å². The molecule has 122 valence electrons. The molecule has 1 amide bonds. The molecule has 4 heteroatoms. The Bertz CT molecular complexity index is 601. The minimum absolute atomic E-state index is 0.00291. The molecule has 0 spiro atoms. The van der Waals surface area contributed by atoms with Gasteiger partial charge in [0.2, 0.25) is 5.91 Å². The van der Waals surface area contributed by atoms with Crippen LogP contribution in [0.5, 0.6) is 0 Å². The predicted octanol–water partition coefficient (Wildman–Crippen LogP) is 2.75. The van der Waals surface area contributed by atoms with Crippen LogP contribution in [0, 0.1) is 0 Å². The van der Waals surface area contributed by atoms with Crippen molar-refractivity contribution in [2.45, 2.75) is 25.4 Å². The third-order valence-corrected chi connectivity index (χ3v) is 3.87. The van der Waals surface area contributed by atoms with Crippen molar-refractivity contribution < 1.29 is 9.90 Å². The fraction of sp³-hybridized carbons (Fsp3) is 0.316. The summed E-state index contributed by atoms with van der Waals surface area (Å²) in [4.78, 5) is 14.0. The Morgan fingerprint density at radius 1 is 1.09 bits per heavy atom. The van der Waals surface area contributed by atoms with Gasteiger partial charge in [0.25, 0.3) is 0 Å². The van der Waals surface area contributed by atoms with Gasteiger partial charge in [0, 0.05) is 25.2 Å². The molecule has 0 aromatic heterocycles. The molecule has 0 aliphatic carbocycles. The van der Waals surface area contributed by atoms with Crippen molar-refractivity contribution in [3.05, 3.63) is 66.2 Å². The van der Waals surface area contributed by atoms with Crippen LogP contribution in [0.15, 0.2) is 60.7 Å². The number of hydrogen-bond acceptors (Lipinski definition) is 3. The largest absolute Gasteiger partial charge is 0.394 e. The number of carbonyl (C=O) groups is 1. The number of para-hydroxylation sites is 1. The smallest absolute Gasteiger partial charge is 0.228 e. The minimum Gasteiger partial charge on any atom is -0.394 e. The summed E-state index contributed by atoms with van der Waals surface area (Å²) in [6, 6.07) is 19.2.